The fourth-order valence-corrected chi connectivity index (χ4v) is 5.36. The predicted octanol–water partition coefficient (Wildman–Crippen LogP) is 7.09. The van der Waals surface area contributed by atoms with Crippen LogP contribution in [0.25, 0.3) is 0 Å². The molecule has 0 fully saturated rings. The van der Waals surface area contributed by atoms with Gasteiger partial charge < -0.3 is 0 Å². The lowest BCUT2D eigenvalue weighted by Gasteiger charge is -2.33. The largest absolute Gasteiger partial charge is 0.0870 e. The van der Waals surface area contributed by atoms with Gasteiger partial charge in [0.25, 0.3) is 0 Å². The van der Waals surface area contributed by atoms with Crippen LogP contribution >= 0.6 is 21.6 Å². The summed E-state index contributed by atoms with van der Waals surface area (Å²) >= 11 is 0. The van der Waals surface area contributed by atoms with E-state index in [-0.39, 0.29) is 0 Å². The second kappa shape index (κ2) is 9.58. The molecule has 0 radical (unpaired) electrons. The van der Waals surface area contributed by atoms with E-state index in [1.54, 1.807) is 0 Å². The zero-order valence-corrected chi connectivity index (χ0v) is 15.1. The van der Waals surface area contributed by atoms with Crippen molar-refractivity contribution in [3.05, 3.63) is 0 Å². The third-order valence-corrected chi connectivity index (χ3v) is 8.60. The topological polar surface area (TPSA) is 0 Å². The molecular weight excluding hydrogens is 256 g/mol. The maximum atomic E-state index is 2.45. The zero-order valence-electron chi connectivity index (χ0n) is 13.5. The molecule has 0 spiro atoms. The highest BCUT2D eigenvalue weighted by Gasteiger charge is 2.29. The molecule has 0 N–H and O–H groups in total. The molecule has 2 heteroatoms. The minimum Gasteiger partial charge on any atom is -0.0870 e. The number of hydrogen-bond donors (Lipinski definition) is 0. The molecule has 0 heterocycles. The molecule has 0 rings (SSSR count). The first-order valence-electron chi connectivity index (χ1n) is 7.82. The first-order valence-corrected chi connectivity index (χ1v) is 9.97. The van der Waals surface area contributed by atoms with Gasteiger partial charge in [0, 0.05) is 9.49 Å². The average molecular weight is 291 g/mol. The van der Waals surface area contributed by atoms with Crippen molar-refractivity contribution in [2.45, 2.75) is 102 Å². The molecule has 2 atom stereocenters. The third kappa shape index (κ3) is 7.33. The Hall–Kier alpha value is 0.700. The van der Waals surface area contributed by atoms with E-state index in [1.807, 2.05) is 0 Å². The summed E-state index contributed by atoms with van der Waals surface area (Å²) in [5, 5.41) is 0. The molecule has 0 nitrogen and oxygen atoms in total. The lowest BCUT2D eigenvalue weighted by molar-refractivity contribution is 0.535. The molecule has 110 valence electrons. The molecule has 0 saturated carbocycles. The van der Waals surface area contributed by atoms with E-state index < -0.39 is 0 Å². The van der Waals surface area contributed by atoms with Gasteiger partial charge in [-0.1, -0.05) is 75.0 Å². The molecule has 0 aromatic heterocycles. The number of hydrogen-bond acceptors (Lipinski definition) is 2. The highest BCUT2D eigenvalue weighted by atomic mass is 33.1. The SMILES string of the molecule is CCCCC(C)(CC)SSC(C)(CC)CCCC. The van der Waals surface area contributed by atoms with E-state index in [9.17, 15) is 0 Å². The van der Waals surface area contributed by atoms with Crippen LogP contribution in [0.15, 0.2) is 0 Å². The fraction of sp³-hybridized carbons (Fsp3) is 1.00. The maximum absolute atomic E-state index is 2.45. The molecule has 0 bridgehead atoms. The van der Waals surface area contributed by atoms with Crippen LogP contribution in [0.1, 0.15) is 92.9 Å². The summed E-state index contributed by atoms with van der Waals surface area (Å²) < 4.78 is 0.951. The molecule has 0 aliphatic rings. The highest BCUT2D eigenvalue weighted by Crippen LogP contribution is 2.50. The summed E-state index contributed by atoms with van der Waals surface area (Å²) in [6.45, 7) is 14.2. The van der Waals surface area contributed by atoms with E-state index in [0.717, 1.165) is 0 Å². The molecule has 0 aromatic rings. The summed E-state index contributed by atoms with van der Waals surface area (Å²) in [4.78, 5) is 0. The fourth-order valence-electron chi connectivity index (χ4n) is 1.86. The minimum atomic E-state index is 0.476. The van der Waals surface area contributed by atoms with Crippen molar-refractivity contribution in [3.63, 3.8) is 0 Å². The smallest absolute Gasteiger partial charge is 0.0233 e. The van der Waals surface area contributed by atoms with E-state index in [0.29, 0.717) is 9.49 Å². The Balaban J connectivity index is 4.29. The molecule has 0 amide bonds. The van der Waals surface area contributed by atoms with Crippen LogP contribution in [-0.4, -0.2) is 9.49 Å². The van der Waals surface area contributed by atoms with Gasteiger partial charge in [-0.05, 0) is 39.5 Å². The van der Waals surface area contributed by atoms with Crippen LogP contribution in [0.4, 0.5) is 0 Å². The highest BCUT2D eigenvalue weighted by molar-refractivity contribution is 8.77. The molecule has 0 saturated heterocycles. The summed E-state index contributed by atoms with van der Waals surface area (Å²) in [5.74, 6) is 0. The van der Waals surface area contributed by atoms with Crippen molar-refractivity contribution < 1.29 is 0 Å². The summed E-state index contributed by atoms with van der Waals surface area (Å²) in [7, 11) is 4.32. The van der Waals surface area contributed by atoms with Crippen molar-refractivity contribution in [1.82, 2.24) is 0 Å². The van der Waals surface area contributed by atoms with Crippen molar-refractivity contribution in [3.8, 4) is 0 Å². The van der Waals surface area contributed by atoms with Gasteiger partial charge in [0.2, 0.25) is 0 Å². The van der Waals surface area contributed by atoms with Gasteiger partial charge in [-0.25, -0.2) is 0 Å². The van der Waals surface area contributed by atoms with Gasteiger partial charge in [-0.2, -0.15) is 0 Å². The molecule has 0 aromatic carbocycles. The van der Waals surface area contributed by atoms with Crippen LogP contribution in [0.2, 0.25) is 0 Å². The van der Waals surface area contributed by atoms with Gasteiger partial charge >= 0.3 is 0 Å². The van der Waals surface area contributed by atoms with Gasteiger partial charge in [-0.15, -0.1) is 0 Å². The van der Waals surface area contributed by atoms with Gasteiger partial charge in [0.05, 0.1) is 0 Å². The predicted molar refractivity (Wildman–Crippen MR) is 91.6 cm³/mol. The van der Waals surface area contributed by atoms with Crippen LogP contribution in [0.5, 0.6) is 0 Å². The molecular formula is C16H34S2. The van der Waals surface area contributed by atoms with Gasteiger partial charge in [-0.3, -0.25) is 0 Å². The summed E-state index contributed by atoms with van der Waals surface area (Å²) in [6.07, 6.45) is 10.7. The van der Waals surface area contributed by atoms with E-state index in [2.05, 4.69) is 63.1 Å². The Morgan fingerprint density at radius 2 is 1.00 bits per heavy atom. The molecule has 0 aliphatic heterocycles. The number of rotatable bonds is 11. The summed E-state index contributed by atoms with van der Waals surface area (Å²) in [5.41, 5.74) is 0. The Morgan fingerprint density at radius 3 is 1.22 bits per heavy atom. The molecule has 2 unspecified atom stereocenters. The van der Waals surface area contributed by atoms with Crippen molar-refractivity contribution in [1.29, 1.82) is 0 Å². The Bertz CT molecular complexity index is 183. The Kier molecular flexibility index (Phi) is 9.95. The van der Waals surface area contributed by atoms with Crippen molar-refractivity contribution in [2.24, 2.45) is 0 Å². The van der Waals surface area contributed by atoms with Crippen LogP contribution in [0, 0.1) is 0 Å². The molecule has 0 aliphatic carbocycles. The first kappa shape index (κ1) is 18.7. The lowest BCUT2D eigenvalue weighted by atomic mass is 10.0. The van der Waals surface area contributed by atoms with Crippen molar-refractivity contribution >= 4 is 21.6 Å². The molecule has 18 heavy (non-hydrogen) atoms. The van der Waals surface area contributed by atoms with E-state index in [4.69, 9.17) is 0 Å². The van der Waals surface area contributed by atoms with Crippen LogP contribution in [-0.2, 0) is 0 Å². The summed E-state index contributed by atoms with van der Waals surface area (Å²) in [6, 6.07) is 0. The normalized spacial score (nSPS) is 18.3. The first-order chi connectivity index (χ1) is 8.45. The monoisotopic (exact) mass is 290 g/mol. The second-order valence-corrected chi connectivity index (χ2v) is 9.29. The quantitative estimate of drug-likeness (QED) is 0.373. The van der Waals surface area contributed by atoms with Crippen LogP contribution < -0.4 is 0 Å². The minimum absolute atomic E-state index is 0.476. The van der Waals surface area contributed by atoms with Gasteiger partial charge in [0.15, 0.2) is 0 Å². The lowest BCUT2D eigenvalue weighted by Crippen LogP contribution is -2.22. The van der Waals surface area contributed by atoms with E-state index >= 15 is 0 Å². The Labute approximate surface area is 124 Å². The van der Waals surface area contributed by atoms with Gasteiger partial charge in [0.1, 0.15) is 0 Å². The van der Waals surface area contributed by atoms with E-state index in [1.165, 1.54) is 51.4 Å². The zero-order chi connectivity index (χ0) is 14.1. The number of unbranched alkanes of at least 4 members (excludes halogenated alkanes) is 2. The Morgan fingerprint density at radius 1 is 0.667 bits per heavy atom. The second-order valence-electron chi connectivity index (χ2n) is 5.98. The van der Waals surface area contributed by atoms with Crippen molar-refractivity contribution in [2.75, 3.05) is 0 Å². The van der Waals surface area contributed by atoms with Crippen LogP contribution in [0.3, 0.4) is 0 Å². The standard InChI is InChI=1S/C16H34S2/c1-7-11-13-15(5,9-3)17-18-16(6,10-4)14-12-8-2/h7-14H2,1-6H3. The maximum Gasteiger partial charge on any atom is 0.0233 e. The average Bonchev–Trinajstić information content (AvgIpc) is 2.40. The third-order valence-electron chi connectivity index (χ3n) is 4.06.